The number of fused-ring (bicyclic) bond motifs is 2. The highest BCUT2D eigenvalue weighted by Gasteiger charge is 2.85. The van der Waals surface area contributed by atoms with Gasteiger partial charge in [-0.15, -0.1) is 0 Å². The Kier molecular flexibility index (Phi) is 8.92. The number of esters is 1. The summed E-state index contributed by atoms with van der Waals surface area (Å²) in [5.41, 5.74) is -6.44. The highest BCUT2D eigenvalue weighted by Crippen LogP contribution is 2.72. The van der Waals surface area contributed by atoms with Crippen molar-refractivity contribution in [1.82, 2.24) is 0 Å². The molecule has 1 aromatic rings. The van der Waals surface area contributed by atoms with Gasteiger partial charge in [0, 0.05) is 23.5 Å². The van der Waals surface area contributed by atoms with E-state index in [0.29, 0.717) is 17.6 Å². The van der Waals surface area contributed by atoms with Crippen LogP contribution in [0.2, 0.25) is 0 Å². The molecule has 5 aliphatic rings. The van der Waals surface area contributed by atoms with Gasteiger partial charge in [0.15, 0.2) is 0 Å². The number of hydrogen-bond acceptors (Lipinski definition) is 10. The summed E-state index contributed by atoms with van der Waals surface area (Å²) in [5.74, 6) is -5.53. The largest absolute Gasteiger partial charge is 0.456 e. The molecule has 2 saturated heterocycles. The van der Waals surface area contributed by atoms with E-state index in [2.05, 4.69) is 13.5 Å². The van der Waals surface area contributed by atoms with Crippen LogP contribution in [0.15, 0.2) is 66.8 Å². The van der Waals surface area contributed by atoms with Crippen LogP contribution in [0.4, 0.5) is 0 Å². The third kappa shape index (κ3) is 4.78. The van der Waals surface area contributed by atoms with Crippen LogP contribution in [-0.2, 0) is 29.7 Å². The minimum Gasteiger partial charge on any atom is -0.456 e. The molecule has 0 aromatic heterocycles. The van der Waals surface area contributed by atoms with Crippen molar-refractivity contribution in [3.8, 4) is 0 Å². The number of unbranched alkanes of at least 4 members (excludes halogenated alkanes) is 3. The Bertz CT molecular complexity index is 1410. The van der Waals surface area contributed by atoms with E-state index >= 15 is 0 Å². The van der Waals surface area contributed by atoms with Gasteiger partial charge in [-0.2, -0.15) is 0 Å². The van der Waals surface area contributed by atoms with E-state index in [4.69, 9.17) is 18.9 Å². The molecule has 2 heterocycles. The lowest BCUT2D eigenvalue weighted by Gasteiger charge is -2.60. The Morgan fingerprint density at radius 3 is 2.49 bits per heavy atom. The summed E-state index contributed by atoms with van der Waals surface area (Å²) in [5, 5.41) is 59.8. The Morgan fingerprint density at radius 2 is 1.83 bits per heavy atom. The van der Waals surface area contributed by atoms with E-state index in [0.717, 1.165) is 25.7 Å². The quantitative estimate of drug-likeness (QED) is 0.0834. The van der Waals surface area contributed by atoms with Crippen LogP contribution < -0.4 is 0 Å². The van der Waals surface area contributed by atoms with Crippen LogP contribution in [0.25, 0.3) is 0 Å². The number of aliphatic hydroxyl groups is 5. The van der Waals surface area contributed by atoms with E-state index in [1.54, 1.807) is 31.2 Å². The highest BCUT2D eigenvalue weighted by molar-refractivity contribution is 5.82. The second-order valence-electron chi connectivity index (χ2n) is 14.6. The third-order valence-corrected chi connectivity index (χ3v) is 11.8. The SMILES string of the molecule is C=C(C)[C@@]12C[C@@H](C)[C@]34O[C@](c5ccccc5)(O[C@@H]1[C@H]3[C@H](O)[C@](O)(CO)[C@@H](O)[C@]1(O)[C@H](OC(=O)C=CC=CCCCCC)[C@@H](C)C[C@@H]14)O2. The number of rotatable bonds is 10. The van der Waals surface area contributed by atoms with E-state index in [1.165, 1.54) is 6.08 Å². The molecular formula is C37H50O10. The molecule has 258 valence electrons. The van der Waals surface area contributed by atoms with Gasteiger partial charge >= 0.3 is 11.9 Å². The topological polar surface area (TPSA) is 155 Å². The van der Waals surface area contributed by atoms with Crippen LogP contribution in [0.3, 0.4) is 0 Å². The molecule has 0 radical (unpaired) electrons. The average Bonchev–Trinajstić information content (AvgIpc) is 3.42. The zero-order valence-electron chi connectivity index (χ0n) is 27.7. The number of aliphatic hydroxyl groups excluding tert-OH is 3. The van der Waals surface area contributed by atoms with Crippen molar-refractivity contribution in [3.63, 3.8) is 0 Å². The molecule has 0 amide bonds. The van der Waals surface area contributed by atoms with Crippen molar-refractivity contribution in [2.24, 2.45) is 23.7 Å². The fourth-order valence-corrected chi connectivity index (χ4v) is 9.60. The molecule has 10 nitrogen and oxygen atoms in total. The summed E-state index contributed by atoms with van der Waals surface area (Å²) in [6, 6.07) is 9.11. The molecule has 3 saturated carbocycles. The molecule has 47 heavy (non-hydrogen) atoms. The molecular weight excluding hydrogens is 604 g/mol. The lowest BCUT2D eigenvalue weighted by molar-refractivity contribution is -0.446. The molecule has 0 unspecified atom stereocenters. The average molecular weight is 655 g/mol. The van der Waals surface area contributed by atoms with Crippen molar-refractivity contribution in [2.75, 3.05) is 6.61 Å². The predicted octanol–water partition coefficient (Wildman–Crippen LogP) is 3.40. The summed E-state index contributed by atoms with van der Waals surface area (Å²) in [6.45, 7) is 10.8. The smallest absolute Gasteiger partial charge is 0.331 e. The monoisotopic (exact) mass is 654 g/mol. The number of benzene rings is 1. The van der Waals surface area contributed by atoms with Crippen molar-refractivity contribution in [2.45, 2.75) is 119 Å². The Hall–Kier alpha value is -2.41. The van der Waals surface area contributed by atoms with Gasteiger partial charge in [-0.3, -0.25) is 0 Å². The minimum atomic E-state index is -2.65. The molecule has 5 N–H and O–H groups in total. The zero-order valence-corrected chi connectivity index (χ0v) is 27.7. The molecule has 13 atom stereocenters. The molecule has 3 aliphatic carbocycles. The number of ether oxygens (including phenoxy) is 4. The summed E-state index contributed by atoms with van der Waals surface area (Å²) in [7, 11) is 0. The first-order chi connectivity index (χ1) is 22.3. The first-order valence-corrected chi connectivity index (χ1v) is 17.0. The van der Waals surface area contributed by atoms with E-state index in [-0.39, 0.29) is 6.42 Å². The number of hydrogen-bond donors (Lipinski definition) is 5. The second-order valence-corrected chi connectivity index (χ2v) is 14.6. The first kappa shape index (κ1) is 34.5. The normalized spacial score (nSPS) is 46.8. The third-order valence-electron chi connectivity index (χ3n) is 11.8. The summed E-state index contributed by atoms with van der Waals surface area (Å²) in [4.78, 5) is 13.2. The number of carbonyl (C=O) groups is 1. The van der Waals surface area contributed by atoms with Gasteiger partial charge in [-0.1, -0.05) is 88.8 Å². The molecule has 5 fully saturated rings. The van der Waals surface area contributed by atoms with Crippen LogP contribution in [-0.4, -0.2) is 84.9 Å². The fourth-order valence-electron chi connectivity index (χ4n) is 9.60. The summed E-state index contributed by atoms with van der Waals surface area (Å²) in [6.07, 6.45) is 5.06. The van der Waals surface area contributed by atoms with Gasteiger partial charge in [0.2, 0.25) is 0 Å². The number of carbonyl (C=O) groups excluding carboxylic acids is 1. The van der Waals surface area contributed by atoms with Crippen molar-refractivity contribution >= 4 is 5.97 Å². The first-order valence-electron chi connectivity index (χ1n) is 17.0. The lowest BCUT2D eigenvalue weighted by Crippen LogP contribution is -2.73. The van der Waals surface area contributed by atoms with Crippen molar-refractivity contribution in [3.05, 3.63) is 72.4 Å². The maximum atomic E-state index is 13.2. The maximum absolute atomic E-state index is 13.2. The van der Waals surface area contributed by atoms with Gasteiger partial charge in [-0.05, 0) is 50.0 Å². The van der Waals surface area contributed by atoms with Crippen molar-refractivity contribution in [1.29, 1.82) is 0 Å². The summed E-state index contributed by atoms with van der Waals surface area (Å²) >= 11 is 0. The fraction of sp³-hybridized carbons (Fsp3) is 0.649. The van der Waals surface area contributed by atoms with Gasteiger partial charge < -0.3 is 44.5 Å². The van der Waals surface area contributed by atoms with Crippen LogP contribution in [0, 0.1) is 23.7 Å². The molecule has 3 bridgehead atoms. The van der Waals surface area contributed by atoms with E-state index < -0.39 is 89.0 Å². The van der Waals surface area contributed by atoms with Crippen LogP contribution in [0.1, 0.15) is 71.8 Å². The van der Waals surface area contributed by atoms with Gasteiger partial charge in [-0.25, -0.2) is 4.79 Å². The Balaban J connectivity index is 1.45. The van der Waals surface area contributed by atoms with Crippen LogP contribution in [0.5, 0.6) is 0 Å². The van der Waals surface area contributed by atoms with E-state index in [1.807, 2.05) is 38.1 Å². The van der Waals surface area contributed by atoms with Gasteiger partial charge in [0.05, 0.1) is 18.3 Å². The standard InChI is InChI=1S/C37H50O10/c1-6-7-8-9-10-11-15-18-27(39)44-30-23(4)19-26-35(30,43)32(41)33(42,21-38)29(40)28-31-34(22(2)3)20-24(5)36(26,28)47-37(45-31,46-34)25-16-13-12-14-17-25/h10-18,23-24,26,28-32,38,40-43H,2,6-9,19-21H2,1,3-5H3/t23-,24+,26-,28+,29-,30+,31+,32+,33+,34-,35+,36+,37+/m0/s1. The Morgan fingerprint density at radius 1 is 1.11 bits per heavy atom. The zero-order chi connectivity index (χ0) is 34.0. The highest BCUT2D eigenvalue weighted by atomic mass is 16.9. The Labute approximate surface area is 276 Å². The molecule has 2 aliphatic heterocycles. The summed E-state index contributed by atoms with van der Waals surface area (Å²) < 4.78 is 26.5. The molecule has 0 spiro atoms. The van der Waals surface area contributed by atoms with Gasteiger partial charge in [0.25, 0.3) is 0 Å². The lowest BCUT2D eigenvalue weighted by atomic mass is 9.53. The molecule has 6 rings (SSSR count). The van der Waals surface area contributed by atoms with Gasteiger partial charge in [0.1, 0.15) is 35.1 Å². The molecule has 1 aromatic carbocycles. The second kappa shape index (κ2) is 12.2. The molecule has 10 heteroatoms. The maximum Gasteiger partial charge on any atom is 0.331 e. The number of allylic oxidation sites excluding steroid dienone is 3. The van der Waals surface area contributed by atoms with E-state index in [9.17, 15) is 30.3 Å². The van der Waals surface area contributed by atoms with Crippen molar-refractivity contribution < 1.29 is 49.3 Å². The predicted molar refractivity (Wildman–Crippen MR) is 171 cm³/mol. The minimum absolute atomic E-state index is 0.208. The van der Waals surface area contributed by atoms with Crippen LogP contribution >= 0.6 is 0 Å².